The van der Waals surface area contributed by atoms with Crippen LogP contribution in [-0.2, 0) is 9.59 Å². The van der Waals surface area contributed by atoms with E-state index in [1.165, 1.54) is 0 Å². The maximum Gasteiger partial charge on any atom is 0.325 e. The second-order valence-corrected chi connectivity index (χ2v) is 9.53. The Kier molecular flexibility index (Phi) is 7.03. The maximum absolute atomic E-state index is 13.0. The lowest BCUT2D eigenvalue weighted by molar-refractivity contribution is -0.140. The summed E-state index contributed by atoms with van der Waals surface area (Å²) in [6, 6.07) is -0.239. The van der Waals surface area contributed by atoms with Crippen molar-refractivity contribution in [3.8, 4) is 0 Å². The average molecular weight is 415 g/mol. The highest BCUT2D eigenvalue weighted by Crippen LogP contribution is 2.43. The number of nitrogens with one attached hydrogen (secondary N) is 2. The van der Waals surface area contributed by atoms with Gasteiger partial charge in [0.15, 0.2) is 0 Å². The summed E-state index contributed by atoms with van der Waals surface area (Å²) in [5, 5.41) is 6.20. The Morgan fingerprint density at radius 3 is 2.25 bits per heavy atom. The second-order valence-electron chi connectivity index (χ2n) is 9.53. The molecule has 2 saturated heterocycles. The van der Waals surface area contributed by atoms with Gasteiger partial charge in [-0.05, 0) is 62.9 Å². The first-order valence-corrected chi connectivity index (χ1v) is 10.2. The molecule has 3 rings (SSSR count). The molecule has 1 saturated carbocycles. The van der Waals surface area contributed by atoms with E-state index in [0.29, 0.717) is 18.8 Å². The minimum Gasteiger partial charge on any atom is -0.341 e. The van der Waals surface area contributed by atoms with E-state index in [1.54, 1.807) is 11.9 Å². The van der Waals surface area contributed by atoms with E-state index >= 15 is 0 Å². The van der Waals surface area contributed by atoms with Crippen LogP contribution in [0.2, 0.25) is 0 Å². The molecule has 3 aliphatic rings. The molecule has 4 amide bonds. The van der Waals surface area contributed by atoms with Gasteiger partial charge in [0.1, 0.15) is 12.1 Å². The summed E-state index contributed by atoms with van der Waals surface area (Å²) in [7, 11) is 1.78. The zero-order valence-corrected chi connectivity index (χ0v) is 18.4. The van der Waals surface area contributed by atoms with Crippen LogP contribution in [0.1, 0.15) is 59.3 Å². The number of imide groups is 1. The fourth-order valence-corrected chi connectivity index (χ4v) is 4.78. The first-order chi connectivity index (χ1) is 12.6. The van der Waals surface area contributed by atoms with E-state index in [2.05, 4.69) is 31.4 Å². The molecule has 0 bridgehead atoms. The summed E-state index contributed by atoms with van der Waals surface area (Å²) in [5.74, 6) is 0.173. The van der Waals surface area contributed by atoms with E-state index in [0.717, 1.165) is 43.7 Å². The predicted molar refractivity (Wildman–Crippen MR) is 110 cm³/mol. The molecule has 28 heavy (non-hydrogen) atoms. The molecule has 160 valence electrons. The largest absolute Gasteiger partial charge is 0.341 e. The molecule has 0 aromatic heterocycles. The number of hydrogen-bond donors (Lipinski definition) is 2. The van der Waals surface area contributed by atoms with Gasteiger partial charge in [0.25, 0.3) is 5.91 Å². The predicted octanol–water partition coefficient (Wildman–Crippen LogP) is 2.15. The van der Waals surface area contributed by atoms with Crippen LogP contribution in [-0.4, -0.2) is 65.9 Å². The molecule has 0 unspecified atom stereocenters. The summed E-state index contributed by atoms with van der Waals surface area (Å²) in [4.78, 5) is 41.1. The number of rotatable bonds is 3. The van der Waals surface area contributed by atoms with Crippen molar-refractivity contribution in [1.29, 1.82) is 0 Å². The van der Waals surface area contributed by atoms with Crippen molar-refractivity contribution < 1.29 is 14.4 Å². The lowest BCUT2D eigenvalue weighted by Crippen LogP contribution is -2.51. The van der Waals surface area contributed by atoms with Crippen molar-refractivity contribution in [3.05, 3.63) is 0 Å². The van der Waals surface area contributed by atoms with E-state index < -0.39 is 11.6 Å². The SMILES string of the molecule is CN(C(=O)CN1C(=O)NC2(CCC(C(C)(C)C)CC2)C1=O)C1CCNCC1.Cl. The molecule has 2 aliphatic heterocycles. The normalized spacial score (nSPS) is 28.9. The molecule has 2 heterocycles. The zero-order chi connectivity index (χ0) is 19.8. The molecule has 0 aromatic rings. The van der Waals surface area contributed by atoms with Crippen molar-refractivity contribution in [2.24, 2.45) is 11.3 Å². The number of carbonyl (C=O) groups is 3. The number of urea groups is 1. The van der Waals surface area contributed by atoms with Gasteiger partial charge in [-0.3, -0.25) is 14.5 Å². The van der Waals surface area contributed by atoms with Crippen LogP contribution in [0, 0.1) is 11.3 Å². The Labute approximate surface area is 174 Å². The Bertz CT molecular complexity index is 605. The Morgan fingerprint density at radius 2 is 1.71 bits per heavy atom. The fraction of sp³-hybridized carbons (Fsp3) is 0.850. The van der Waals surface area contributed by atoms with Crippen molar-refractivity contribution in [1.82, 2.24) is 20.4 Å². The van der Waals surface area contributed by atoms with Crippen molar-refractivity contribution in [2.75, 3.05) is 26.7 Å². The van der Waals surface area contributed by atoms with Crippen molar-refractivity contribution in [2.45, 2.75) is 70.9 Å². The van der Waals surface area contributed by atoms with Crippen LogP contribution in [0.25, 0.3) is 0 Å². The molecule has 1 spiro atoms. The van der Waals surface area contributed by atoms with Gasteiger partial charge in [0.2, 0.25) is 5.91 Å². The first-order valence-electron chi connectivity index (χ1n) is 10.2. The van der Waals surface area contributed by atoms with Crippen molar-refractivity contribution >= 4 is 30.3 Å². The number of hydrogen-bond acceptors (Lipinski definition) is 4. The Balaban J connectivity index is 0.00000280. The topological polar surface area (TPSA) is 81.8 Å². The summed E-state index contributed by atoms with van der Waals surface area (Å²) < 4.78 is 0. The fourth-order valence-electron chi connectivity index (χ4n) is 4.78. The van der Waals surface area contributed by atoms with Crippen LogP contribution >= 0.6 is 12.4 Å². The van der Waals surface area contributed by atoms with Gasteiger partial charge in [0.05, 0.1) is 0 Å². The monoisotopic (exact) mass is 414 g/mol. The number of carbonyl (C=O) groups excluding carboxylic acids is 3. The number of piperidine rings is 1. The van der Waals surface area contributed by atoms with Gasteiger partial charge in [0, 0.05) is 13.1 Å². The Morgan fingerprint density at radius 1 is 1.14 bits per heavy atom. The number of amides is 4. The molecule has 8 heteroatoms. The molecular weight excluding hydrogens is 380 g/mol. The molecule has 0 aromatic carbocycles. The highest BCUT2D eigenvalue weighted by Gasteiger charge is 2.53. The minimum atomic E-state index is -0.799. The van der Waals surface area contributed by atoms with Gasteiger partial charge in [-0.1, -0.05) is 20.8 Å². The molecule has 0 atom stereocenters. The zero-order valence-electron chi connectivity index (χ0n) is 17.5. The van der Waals surface area contributed by atoms with Crippen LogP contribution < -0.4 is 10.6 Å². The quantitative estimate of drug-likeness (QED) is 0.693. The van der Waals surface area contributed by atoms with Gasteiger partial charge >= 0.3 is 6.03 Å². The van der Waals surface area contributed by atoms with Gasteiger partial charge in [-0.25, -0.2) is 4.79 Å². The van der Waals surface area contributed by atoms with Crippen molar-refractivity contribution in [3.63, 3.8) is 0 Å². The Hall–Kier alpha value is -1.34. The highest BCUT2D eigenvalue weighted by molar-refractivity contribution is 6.09. The maximum atomic E-state index is 13.0. The van der Waals surface area contributed by atoms with Crippen LogP contribution in [0.4, 0.5) is 4.79 Å². The standard InChI is InChI=1S/C20H34N4O3.ClH/c1-19(2,3)14-5-9-20(10-6-14)17(26)24(18(27)22-20)13-16(25)23(4)15-7-11-21-12-8-15;/h14-15,21H,5-13H2,1-4H3,(H,22,27);1H. The third-order valence-electron chi connectivity index (χ3n) is 6.85. The summed E-state index contributed by atoms with van der Waals surface area (Å²) >= 11 is 0. The van der Waals surface area contributed by atoms with Crippen LogP contribution in [0.15, 0.2) is 0 Å². The number of nitrogens with zero attached hydrogens (tertiary/aromatic N) is 2. The average Bonchev–Trinajstić information content (AvgIpc) is 2.85. The first kappa shape index (κ1) is 22.9. The molecule has 2 N–H and O–H groups in total. The summed E-state index contributed by atoms with van der Waals surface area (Å²) in [5.41, 5.74) is -0.590. The lowest BCUT2D eigenvalue weighted by Gasteiger charge is -2.40. The molecule has 7 nitrogen and oxygen atoms in total. The minimum absolute atomic E-state index is 0. The van der Waals surface area contributed by atoms with Gasteiger partial charge < -0.3 is 15.5 Å². The number of likely N-dealkylation sites (N-methyl/N-ethyl adjacent to an activating group) is 1. The van der Waals surface area contributed by atoms with Gasteiger partial charge in [-0.2, -0.15) is 0 Å². The van der Waals surface area contributed by atoms with E-state index in [-0.39, 0.29) is 42.2 Å². The van der Waals surface area contributed by atoms with E-state index in [1.807, 2.05) is 0 Å². The third-order valence-corrected chi connectivity index (χ3v) is 6.85. The van der Waals surface area contributed by atoms with Crippen LogP contribution in [0.3, 0.4) is 0 Å². The number of halogens is 1. The van der Waals surface area contributed by atoms with Crippen LogP contribution in [0.5, 0.6) is 0 Å². The molecule has 0 radical (unpaired) electrons. The second kappa shape index (κ2) is 8.57. The smallest absolute Gasteiger partial charge is 0.325 e. The summed E-state index contributed by atoms with van der Waals surface area (Å²) in [6.07, 6.45) is 4.97. The van der Waals surface area contributed by atoms with E-state index in [9.17, 15) is 14.4 Å². The molecular formula is C20H35ClN4O3. The summed E-state index contributed by atoms with van der Waals surface area (Å²) in [6.45, 7) is 8.31. The van der Waals surface area contributed by atoms with E-state index in [4.69, 9.17) is 0 Å². The lowest BCUT2D eigenvalue weighted by atomic mass is 9.67. The third kappa shape index (κ3) is 4.46. The molecule has 3 fully saturated rings. The molecule has 1 aliphatic carbocycles. The van der Waals surface area contributed by atoms with Gasteiger partial charge in [-0.15, -0.1) is 12.4 Å². The highest BCUT2D eigenvalue weighted by atomic mass is 35.5.